The third-order valence-electron chi connectivity index (χ3n) is 5.43. The third kappa shape index (κ3) is 4.00. The van der Waals surface area contributed by atoms with Gasteiger partial charge in [0.05, 0.1) is 0 Å². The second-order valence-electron chi connectivity index (χ2n) is 7.52. The minimum atomic E-state index is -0.405. The van der Waals surface area contributed by atoms with Gasteiger partial charge in [0.15, 0.2) is 0 Å². The largest absolute Gasteiger partial charge is 2.00 e. The molecule has 3 heterocycles. The van der Waals surface area contributed by atoms with Crippen LogP contribution in [0.2, 0.25) is 0 Å². The van der Waals surface area contributed by atoms with Crippen LogP contribution in [0.5, 0.6) is 11.6 Å². The van der Waals surface area contributed by atoms with E-state index in [9.17, 15) is 4.39 Å². The summed E-state index contributed by atoms with van der Waals surface area (Å²) in [4.78, 5) is 8.62. The third-order valence-corrected chi connectivity index (χ3v) is 5.43. The molecule has 3 aromatic heterocycles. The first-order chi connectivity index (χ1) is 16.3. The fourth-order valence-electron chi connectivity index (χ4n) is 3.99. The van der Waals surface area contributed by atoms with Gasteiger partial charge in [-0.05, 0) is 35.2 Å². The molecule has 0 atom stereocenters. The van der Waals surface area contributed by atoms with Crippen LogP contribution in [0.3, 0.4) is 0 Å². The van der Waals surface area contributed by atoms with Crippen molar-refractivity contribution < 1.29 is 30.2 Å². The smallest absolute Gasteiger partial charge is 0.460 e. The number of rotatable bonds is 4. The van der Waals surface area contributed by atoms with Crippen molar-refractivity contribution in [2.24, 2.45) is 0 Å². The Hall–Kier alpha value is -3.82. The number of hydrogen-bond donors (Lipinski definition) is 0. The van der Waals surface area contributed by atoms with Crippen LogP contribution in [0.25, 0.3) is 38.8 Å². The molecule has 0 saturated heterocycles. The van der Waals surface area contributed by atoms with Gasteiger partial charge in [-0.1, -0.05) is 29.7 Å². The molecule has 0 unspecified atom stereocenters. The number of para-hydroxylation sites is 1. The predicted octanol–water partition coefficient (Wildman–Crippen LogP) is 6.77. The van der Waals surface area contributed by atoms with Crippen LogP contribution in [0.4, 0.5) is 4.39 Å². The summed E-state index contributed by atoms with van der Waals surface area (Å²) >= 11 is 0. The van der Waals surface area contributed by atoms with Crippen LogP contribution in [0.1, 0.15) is 0 Å². The van der Waals surface area contributed by atoms with E-state index in [1.54, 1.807) is 12.3 Å². The molecule has 0 bridgehead atoms. The minimum absolute atomic E-state index is 0. The Bertz CT molecular complexity index is 1620. The Labute approximate surface area is 209 Å². The summed E-state index contributed by atoms with van der Waals surface area (Å²) in [5, 5.41) is 2.23. The van der Waals surface area contributed by atoms with Gasteiger partial charge >= 0.3 is 21.1 Å². The van der Waals surface area contributed by atoms with Gasteiger partial charge in [-0.25, -0.2) is 25.5 Å². The summed E-state index contributed by atoms with van der Waals surface area (Å²) in [6.45, 7) is 0. The predicted molar refractivity (Wildman–Crippen MR) is 126 cm³/mol. The molecule has 6 rings (SSSR count). The van der Waals surface area contributed by atoms with E-state index in [-0.39, 0.29) is 26.9 Å². The Balaban J connectivity index is 0.00000241. The van der Waals surface area contributed by atoms with E-state index >= 15 is 0 Å². The summed E-state index contributed by atoms with van der Waals surface area (Å²) in [6, 6.07) is 33.1. The molecule has 0 aliphatic carbocycles. The van der Waals surface area contributed by atoms with Gasteiger partial charge in [-0.3, -0.25) is 0 Å². The SMILES string of the molecule is Fc1ccnc(Oc2[c-]c(-c3[c-]c4c(cc3)c3ccccc3n4-c3ccccn3)ccc2)c1.[Pt+2]. The Morgan fingerprint density at radius 1 is 0.735 bits per heavy atom. The number of aromatic nitrogens is 3. The molecule has 0 aliphatic heterocycles. The molecule has 4 nitrogen and oxygen atoms in total. The van der Waals surface area contributed by atoms with E-state index in [2.05, 4.69) is 44.9 Å². The van der Waals surface area contributed by atoms with Crippen molar-refractivity contribution in [3.63, 3.8) is 0 Å². The molecule has 0 fully saturated rings. The molecule has 6 heteroatoms. The van der Waals surface area contributed by atoms with Crippen molar-refractivity contribution in [3.8, 4) is 28.6 Å². The quantitative estimate of drug-likeness (QED) is 0.204. The van der Waals surface area contributed by atoms with Gasteiger partial charge in [0.1, 0.15) is 11.6 Å². The summed E-state index contributed by atoms with van der Waals surface area (Å²) in [5.41, 5.74) is 3.67. The molecule has 0 spiro atoms. The minimum Gasteiger partial charge on any atom is -0.460 e. The van der Waals surface area contributed by atoms with Crippen molar-refractivity contribution in [2.75, 3.05) is 0 Å². The fraction of sp³-hybridized carbons (Fsp3) is 0. The fourth-order valence-corrected chi connectivity index (χ4v) is 3.99. The molecule has 0 saturated carbocycles. The first-order valence-corrected chi connectivity index (χ1v) is 10.5. The van der Waals surface area contributed by atoms with E-state index in [0.29, 0.717) is 5.75 Å². The first-order valence-electron chi connectivity index (χ1n) is 10.5. The summed E-state index contributed by atoms with van der Waals surface area (Å²) in [7, 11) is 0. The molecular formula is C28H16FN3OPt. The van der Waals surface area contributed by atoms with Gasteiger partial charge in [0.2, 0.25) is 5.88 Å². The normalized spacial score (nSPS) is 10.9. The maximum atomic E-state index is 13.5. The van der Waals surface area contributed by atoms with E-state index in [1.807, 2.05) is 48.5 Å². The van der Waals surface area contributed by atoms with Gasteiger partial charge < -0.3 is 9.30 Å². The molecular weight excluding hydrogens is 608 g/mol. The van der Waals surface area contributed by atoms with Crippen LogP contribution in [0.15, 0.2) is 97.3 Å². The van der Waals surface area contributed by atoms with Crippen LogP contribution in [-0.4, -0.2) is 14.5 Å². The van der Waals surface area contributed by atoms with Gasteiger partial charge in [-0.15, -0.1) is 18.2 Å². The topological polar surface area (TPSA) is 39.9 Å². The average molecular weight is 625 g/mol. The van der Waals surface area contributed by atoms with Crippen molar-refractivity contribution in [1.82, 2.24) is 14.5 Å². The number of nitrogens with zero attached hydrogens (tertiary/aromatic N) is 3. The molecule has 0 radical (unpaired) electrons. The zero-order valence-corrected chi connectivity index (χ0v) is 20.0. The number of benzene rings is 3. The van der Waals surface area contributed by atoms with Crippen molar-refractivity contribution >= 4 is 21.8 Å². The molecule has 166 valence electrons. The molecule has 3 aromatic carbocycles. The second-order valence-corrected chi connectivity index (χ2v) is 7.52. The summed E-state index contributed by atoms with van der Waals surface area (Å²) in [6.07, 6.45) is 3.15. The van der Waals surface area contributed by atoms with Crippen LogP contribution in [-0.2, 0) is 21.1 Å². The van der Waals surface area contributed by atoms with Crippen LogP contribution in [0, 0.1) is 17.9 Å². The molecule has 34 heavy (non-hydrogen) atoms. The van der Waals surface area contributed by atoms with Gasteiger partial charge in [0.25, 0.3) is 0 Å². The van der Waals surface area contributed by atoms with Crippen molar-refractivity contribution in [3.05, 3.63) is 115 Å². The number of hydrogen-bond acceptors (Lipinski definition) is 3. The maximum Gasteiger partial charge on any atom is 2.00 e. The first kappa shape index (κ1) is 22.0. The summed E-state index contributed by atoms with van der Waals surface area (Å²) < 4.78 is 21.3. The van der Waals surface area contributed by atoms with E-state index < -0.39 is 5.82 Å². The number of pyridine rings is 2. The molecule has 0 amide bonds. The Morgan fingerprint density at radius 2 is 1.59 bits per heavy atom. The van der Waals surface area contributed by atoms with Crippen LogP contribution < -0.4 is 4.74 Å². The standard InChI is InChI=1S/C28H16FN3O.Pt/c29-21-13-15-31-28(18-21)33-22-7-5-6-19(16-22)20-11-12-24-23-8-1-2-9-25(23)32(26(24)17-20)27-10-3-4-14-30-27;/h1-15,18H;/q-2;+2. The van der Waals surface area contributed by atoms with E-state index in [4.69, 9.17) is 4.74 Å². The molecule has 6 aromatic rings. The monoisotopic (exact) mass is 624 g/mol. The van der Waals surface area contributed by atoms with Gasteiger partial charge in [-0.2, -0.15) is 24.3 Å². The molecule has 0 N–H and O–H groups in total. The number of halogens is 1. The van der Waals surface area contributed by atoms with Gasteiger partial charge in [0, 0.05) is 29.7 Å². The van der Waals surface area contributed by atoms with Crippen molar-refractivity contribution in [2.45, 2.75) is 0 Å². The zero-order chi connectivity index (χ0) is 22.2. The average Bonchev–Trinajstić information content (AvgIpc) is 3.18. The van der Waals surface area contributed by atoms with E-state index in [1.165, 1.54) is 18.3 Å². The van der Waals surface area contributed by atoms with Crippen molar-refractivity contribution in [1.29, 1.82) is 0 Å². The molecule has 0 aliphatic rings. The maximum absolute atomic E-state index is 13.5. The second kappa shape index (κ2) is 9.20. The number of fused-ring (bicyclic) bond motifs is 3. The Kier molecular flexibility index (Phi) is 5.95. The van der Waals surface area contributed by atoms with E-state index in [0.717, 1.165) is 38.8 Å². The van der Waals surface area contributed by atoms with Crippen LogP contribution >= 0.6 is 0 Å². The Morgan fingerprint density at radius 3 is 2.44 bits per heavy atom. The zero-order valence-electron chi connectivity index (χ0n) is 17.7. The summed E-state index contributed by atoms with van der Waals surface area (Å²) in [5.74, 6) is 1.05. The number of ether oxygens (including phenoxy) is 1.